The van der Waals surface area contributed by atoms with Crippen LogP contribution in [0.3, 0.4) is 0 Å². The summed E-state index contributed by atoms with van der Waals surface area (Å²) in [4.78, 5) is 11.4. The van der Waals surface area contributed by atoms with Crippen LogP contribution in [0, 0.1) is 5.92 Å². The summed E-state index contributed by atoms with van der Waals surface area (Å²) in [6, 6.07) is 0. The maximum absolute atomic E-state index is 11.4. The highest BCUT2D eigenvalue weighted by atomic mass is 16.6. The number of nitrogens with one attached hydrogen (secondary N) is 1. The molecular weight excluding hydrogens is 194 g/mol. The van der Waals surface area contributed by atoms with E-state index < -0.39 is 0 Å². The monoisotopic (exact) mass is 213 g/mol. The summed E-state index contributed by atoms with van der Waals surface area (Å²) in [6.07, 6.45) is 4.02. The molecule has 2 aliphatic rings. The van der Waals surface area contributed by atoms with Crippen molar-refractivity contribution in [3.05, 3.63) is 0 Å². The second-order valence-electron chi connectivity index (χ2n) is 4.40. The Morgan fingerprint density at radius 1 is 1.47 bits per heavy atom. The van der Waals surface area contributed by atoms with E-state index in [1.165, 1.54) is 12.8 Å². The molecule has 0 aromatic rings. The molecule has 4 nitrogen and oxygen atoms in total. The molecule has 4 heteroatoms. The Balaban J connectivity index is 1.57. The van der Waals surface area contributed by atoms with Gasteiger partial charge in [0.2, 0.25) is 0 Å². The van der Waals surface area contributed by atoms with Gasteiger partial charge in [-0.2, -0.15) is 0 Å². The smallest absolute Gasteiger partial charge is 0.306 e. The number of carbonyl (C=O) groups is 1. The van der Waals surface area contributed by atoms with Gasteiger partial charge >= 0.3 is 5.97 Å². The second kappa shape index (κ2) is 5.47. The molecule has 2 rings (SSSR count). The number of hydrogen-bond donors (Lipinski definition) is 1. The Kier molecular flexibility index (Phi) is 3.97. The Labute approximate surface area is 90.3 Å². The van der Waals surface area contributed by atoms with E-state index in [4.69, 9.17) is 9.47 Å². The van der Waals surface area contributed by atoms with Crippen LogP contribution in [0.1, 0.15) is 25.7 Å². The molecule has 2 fully saturated rings. The summed E-state index contributed by atoms with van der Waals surface area (Å²) in [5.74, 6) is 0.595. The standard InChI is InChI=1S/C11H19NO3/c13-11(15-10-7-14-8-10)4-3-9-2-1-5-12-6-9/h9-10,12H,1-8H2. The average Bonchev–Trinajstić information content (AvgIpc) is 2.22. The van der Waals surface area contributed by atoms with E-state index in [0.29, 0.717) is 25.6 Å². The Morgan fingerprint density at radius 2 is 2.33 bits per heavy atom. The number of esters is 1. The molecule has 0 bridgehead atoms. The van der Waals surface area contributed by atoms with E-state index in [1.54, 1.807) is 0 Å². The highest BCUT2D eigenvalue weighted by Crippen LogP contribution is 2.17. The SMILES string of the molecule is O=C(CCC1CCCNC1)OC1COC1. The van der Waals surface area contributed by atoms with Gasteiger partial charge in [-0.1, -0.05) is 0 Å². The third-order valence-electron chi connectivity index (χ3n) is 3.06. The molecule has 2 saturated heterocycles. The minimum atomic E-state index is -0.0612. The number of carbonyl (C=O) groups excluding carboxylic acids is 1. The van der Waals surface area contributed by atoms with Crippen molar-refractivity contribution >= 4 is 5.97 Å². The summed E-state index contributed by atoms with van der Waals surface area (Å²) in [6.45, 7) is 3.34. The fraction of sp³-hybridized carbons (Fsp3) is 0.909. The topological polar surface area (TPSA) is 47.6 Å². The lowest BCUT2D eigenvalue weighted by molar-refractivity contribution is -0.172. The van der Waals surface area contributed by atoms with Crippen LogP contribution in [0.4, 0.5) is 0 Å². The van der Waals surface area contributed by atoms with Crippen molar-refractivity contribution in [2.24, 2.45) is 5.92 Å². The first kappa shape index (κ1) is 10.9. The van der Waals surface area contributed by atoms with Crippen LogP contribution in [0.15, 0.2) is 0 Å². The minimum absolute atomic E-state index is 0.0296. The Morgan fingerprint density at radius 3 is 2.93 bits per heavy atom. The van der Waals surface area contributed by atoms with E-state index in [2.05, 4.69) is 5.32 Å². The molecule has 2 heterocycles. The van der Waals surface area contributed by atoms with Crippen LogP contribution < -0.4 is 5.32 Å². The van der Waals surface area contributed by atoms with Gasteiger partial charge in [0.25, 0.3) is 0 Å². The van der Waals surface area contributed by atoms with Crippen molar-refractivity contribution in [1.29, 1.82) is 0 Å². The summed E-state index contributed by atoms with van der Waals surface area (Å²) >= 11 is 0. The first-order valence-electron chi connectivity index (χ1n) is 5.82. The zero-order chi connectivity index (χ0) is 10.5. The van der Waals surface area contributed by atoms with Gasteiger partial charge in [-0.25, -0.2) is 0 Å². The first-order chi connectivity index (χ1) is 7.34. The first-order valence-corrected chi connectivity index (χ1v) is 5.82. The average molecular weight is 213 g/mol. The summed E-state index contributed by atoms with van der Waals surface area (Å²) in [7, 11) is 0. The number of piperidine rings is 1. The summed E-state index contributed by atoms with van der Waals surface area (Å²) in [5, 5.41) is 3.35. The number of hydrogen-bond acceptors (Lipinski definition) is 4. The second-order valence-corrected chi connectivity index (χ2v) is 4.40. The van der Waals surface area contributed by atoms with E-state index in [1.807, 2.05) is 0 Å². The fourth-order valence-corrected chi connectivity index (χ4v) is 2.02. The van der Waals surface area contributed by atoms with Gasteiger partial charge in [-0.3, -0.25) is 4.79 Å². The van der Waals surface area contributed by atoms with Gasteiger partial charge in [0.1, 0.15) is 6.10 Å². The molecule has 0 aliphatic carbocycles. The molecule has 0 saturated carbocycles. The molecule has 15 heavy (non-hydrogen) atoms. The van der Waals surface area contributed by atoms with Crippen LogP contribution in [0.25, 0.3) is 0 Å². The molecule has 86 valence electrons. The largest absolute Gasteiger partial charge is 0.457 e. The molecular formula is C11H19NO3. The molecule has 2 aliphatic heterocycles. The van der Waals surface area contributed by atoms with Crippen LogP contribution in [-0.4, -0.2) is 38.4 Å². The van der Waals surface area contributed by atoms with Crippen LogP contribution in [0.2, 0.25) is 0 Å². The fourth-order valence-electron chi connectivity index (χ4n) is 2.02. The molecule has 0 amide bonds. The predicted octanol–water partition coefficient (Wildman–Crippen LogP) is 0.708. The number of rotatable bonds is 4. The van der Waals surface area contributed by atoms with Gasteiger partial charge in [0.15, 0.2) is 0 Å². The van der Waals surface area contributed by atoms with Crippen molar-refractivity contribution < 1.29 is 14.3 Å². The maximum Gasteiger partial charge on any atom is 0.306 e. The number of ether oxygens (including phenoxy) is 2. The van der Waals surface area contributed by atoms with E-state index in [-0.39, 0.29) is 12.1 Å². The molecule has 0 aromatic heterocycles. The van der Waals surface area contributed by atoms with Crippen LogP contribution in [0.5, 0.6) is 0 Å². The lowest BCUT2D eigenvalue weighted by Gasteiger charge is -2.26. The van der Waals surface area contributed by atoms with Crippen molar-refractivity contribution in [2.75, 3.05) is 26.3 Å². The van der Waals surface area contributed by atoms with Gasteiger partial charge < -0.3 is 14.8 Å². The predicted molar refractivity (Wildman–Crippen MR) is 55.5 cm³/mol. The lowest BCUT2D eigenvalue weighted by atomic mass is 9.95. The maximum atomic E-state index is 11.4. The Hall–Kier alpha value is -0.610. The highest BCUT2D eigenvalue weighted by Gasteiger charge is 2.23. The third-order valence-corrected chi connectivity index (χ3v) is 3.06. The van der Waals surface area contributed by atoms with E-state index in [0.717, 1.165) is 19.5 Å². The van der Waals surface area contributed by atoms with E-state index in [9.17, 15) is 4.79 Å². The highest BCUT2D eigenvalue weighted by molar-refractivity contribution is 5.69. The molecule has 0 radical (unpaired) electrons. The Bertz CT molecular complexity index is 210. The minimum Gasteiger partial charge on any atom is -0.457 e. The van der Waals surface area contributed by atoms with Gasteiger partial charge in [0, 0.05) is 6.42 Å². The third kappa shape index (κ3) is 3.47. The van der Waals surface area contributed by atoms with Crippen molar-refractivity contribution in [1.82, 2.24) is 5.32 Å². The van der Waals surface area contributed by atoms with Crippen molar-refractivity contribution in [2.45, 2.75) is 31.8 Å². The summed E-state index contributed by atoms with van der Waals surface area (Å²) in [5.41, 5.74) is 0. The molecule has 1 atom stereocenters. The quantitative estimate of drug-likeness (QED) is 0.699. The lowest BCUT2D eigenvalue weighted by Crippen LogP contribution is -2.38. The zero-order valence-electron chi connectivity index (χ0n) is 9.04. The van der Waals surface area contributed by atoms with E-state index >= 15 is 0 Å². The van der Waals surface area contributed by atoms with Gasteiger partial charge in [-0.15, -0.1) is 0 Å². The van der Waals surface area contributed by atoms with Crippen molar-refractivity contribution in [3.63, 3.8) is 0 Å². The van der Waals surface area contributed by atoms with Gasteiger partial charge in [0.05, 0.1) is 13.2 Å². The van der Waals surface area contributed by atoms with Crippen LogP contribution >= 0.6 is 0 Å². The van der Waals surface area contributed by atoms with Crippen LogP contribution in [-0.2, 0) is 14.3 Å². The van der Waals surface area contributed by atoms with Gasteiger partial charge in [-0.05, 0) is 38.3 Å². The molecule has 0 aromatic carbocycles. The van der Waals surface area contributed by atoms with Crippen molar-refractivity contribution in [3.8, 4) is 0 Å². The molecule has 1 unspecified atom stereocenters. The molecule has 0 spiro atoms. The molecule has 1 N–H and O–H groups in total. The zero-order valence-corrected chi connectivity index (χ0v) is 9.04. The summed E-state index contributed by atoms with van der Waals surface area (Å²) < 4.78 is 10.1. The normalized spacial score (nSPS) is 27.1.